The van der Waals surface area contributed by atoms with Crippen LogP contribution in [0.2, 0.25) is 0 Å². The van der Waals surface area contributed by atoms with Crippen molar-refractivity contribution in [2.75, 3.05) is 5.32 Å². The Hall–Kier alpha value is -3.18. The van der Waals surface area contributed by atoms with Crippen LogP contribution < -0.4 is 5.32 Å². The SMILES string of the molecule is CCn1cc(Cn2cc(NC(=O)C(C)n3nc(C(F)F)cc3C(F)F)cn2)cn1. The van der Waals surface area contributed by atoms with Gasteiger partial charge in [-0.2, -0.15) is 15.3 Å². The van der Waals surface area contributed by atoms with E-state index in [1.54, 1.807) is 21.8 Å². The van der Waals surface area contributed by atoms with Crippen LogP contribution >= 0.6 is 0 Å². The van der Waals surface area contributed by atoms with E-state index in [2.05, 4.69) is 20.6 Å². The van der Waals surface area contributed by atoms with Crippen LogP contribution in [0.4, 0.5) is 23.2 Å². The number of alkyl halides is 4. The summed E-state index contributed by atoms with van der Waals surface area (Å²) in [6, 6.07) is -0.620. The van der Waals surface area contributed by atoms with E-state index in [-0.39, 0.29) is 0 Å². The van der Waals surface area contributed by atoms with E-state index < -0.39 is 36.2 Å². The molecule has 0 saturated heterocycles. The van der Waals surface area contributed by atoms with Crippen molar-refractivity contribution in [3.63, 3.8) is 0 Å². The number of aromatic nitrogens is 6. The van der Waals surface area contributed by atoms with Gasteiger partial charge in [0, 0.05) is 24.5 Å². The summed E-state index contributed by atoms with van der Waals surface area (Å²) in [6.45, 7) is 4.42. The number of nitrogens with zero attached hydrogens (tertiary/aromatic N) is 6. The van der Waals surface area contributed by atoms with E-state index in [1.165, 1.54) is 13.1 Å². The number of anilines is 1. The molecule has 3 rings (SSSR count). The van der Waals surface area contributed by atoms with E-state index in [4.69, 9.17) is 0 Å². The molecule has 1 unspecified atom stereocenters. The molecular weight excluding hydrogens is 394 g/mol. The molecule has 0 fully saturated rings. The first-order valence-corrected chi connectivity index (χ1v) is 8.78. The second kappa shape index (κ2) is 8.45. The standard InChI is InChI=1S/C17H19F4N7O/c1-3-26-7-11(5-22-26)8-27-9-12(6-23-27)24-17(29)10(2)28-14(16(20)21)4-13(25-28)15(18)19/h4-7,9-10,15-16H,3,8H2,1-2H3,(H,24,29). The van der Waals surface area contributed by atoms with Gasteiger partial charge in [0.2, 0.25) is 5.91 Å². The van der Waals surface area contributed by atoms with Gasteiger partial charge in [-0.15, -0.1) is 0 Å². The van der Waals surface area contributed by atoms with Crippen LogP contribution in [0.25, 0.3) is 0 Å². The monoisotopic (exact) mass is 413 g/mol. The zero-order valence-corrected chi connectivity index (χ0v) is 15.6. The maximum atomic E-state index is 13.1. The lowest BCUT2D eigenvalue weighted by Gasteiger charge is -2.14. The van der Waals surface area contributed by atoms with Crippen molar-refractivity contribution in [3.8, 4) is 0 Å². The van der Waals surface area contributed by atoms with E-state index in [1.807, 2.05) is 13.1 Å². The van der Waals surface area contributed by atoms with Gasteiger partial charge in [-0.3, -0.25) is 18.8 Å². The molecule has 3 aromatic heterocycles. The van der Waals surface area contributed by atoms with Crippen molar-refractivity contribution < 1.29 is 22.4 Å². The zero-order valence-electron chi connectivity index (χ0n) is 15.6. The van der Waals surface area contributed by atoms with Gasteiger partial charge in [-0.25, -0.2) is 17.6 Å². The summed E-state index contributed by atoms with van der Waals surface area (Å²) in [7, 11) is 0. The first-order valence-electron chi connectivity index (χ1n) is 8.78. The van der Waals surface area contributed by atoms with Gasteiger partial charge < -0.3 is 5.32 Å². The van der Waals surface area contributed by atoms with Crippen molar-refractivity contribution in [1.29, 1.82) is 0 Å². The molecule has 0 spiro atoms. The highest BCUT2D eigenvalue weighted by Crippen LogP contribution is 2.27. The van der Waals surface area contributed by atoms with Crippen molar-refractivity contribution in [1.82, 2.24) is 29.3 Å². The molecule has 0 aliphatic rings. The van der Waals surface area contributed by atoms with Crippen molar-refractivity contribution in [2.45, 2.75) is 45.8 Å². The van der Waals surface area contributed by atoms with E-state index in [0.29, 0.717) is 23.0 Å². The first kappa shape index (κ1) is 20.6. The Morgan fingerprint density at radius 2 is 1.83 bits per heavy atom. The zero-order chi connectivity index (χ0) is 21.1. The largest absolute Gasteiger partial charge is 0.322 e. The van der Waals surface area contributed by atoms with Gasteiger partial charge in [-0.05, 0) is 19.9 Å². The minimum Gasteiger partial charge on any atom is -0.322 e. The fraction of sp³-hybridized carbons (Fsp3) is 0.412. The van der Waals surface area contributed by atoms with Gasteiger partial charge >= 0.3 is 0 Å². The van der Waals surface area contributed by atoms with Crippen molar-refractivity contribution in [3.05, 3.63) is 47.8 Å². The van der Waals surface area contributed by atoms with Crippen LogP contribution in [-0.2, 0) is 17.9 Å². The highest BCUT2D eigenvalue weighted by Gasteiger charge is 2.27. The van der Waals surface area contributed by atoms with Crippen molar-refractivity contribution >= 4 is 11.6 Å². The number of halogens is 4. The molecule has 1 N–H and O–H groups in total. The number of hydrogen-bond acceptors (Lipinski definition) is 4. The number of amides is 1. The number of aryl methyl sites for hydroxylation is 1. The summed E-state index contributed by atoms with van der Waals surface area (Å²) in [4.78, 5) is 12.4. The molecule has 29 heavy (non-hydrogen) atoms. The third kappa shape index (κ3) is 4.63. The number of nitrogens with one attached hydrogen (secondary N) is 1. The lowest BCUT2D eigenvalue weighted by Crippen LogP contribution is -2.25. The van der Waals surface area contributed by atoms with Crippen LogP contribution in [0, 0.1) is 0 Å². The fourth-order valence-electron chi connectivity index (χ4n) is 2.73. The van der Waals surface area contributed by atoms with Crippen molar-refractivity contribution in [2.24, 2.45) is 0 Å². The molecule has 3 heterocycles. The molecule has 0 bridgehead atoms. The molecule has 12 heteroatoms. The second-order valence-corrected chi connectivity index (χ2v) is 6.34. The highest BCUT2D eigenvalue weighted by atomic mass is 19.3. The molecule has 0 saturated carbocycles. The summed E-state index contributed by atoms with van der Waals surface area (Å²) in [5.74, 6) is -0.686. The third-order valence-electron chi connectivity index (χ3n) is 4.23. The predicted octanol–water partition coefficient (Wildman–Crippen LogP) is 3.42. The van der Waals surface area contributed by atoms with E-state index >= 15 is 0 Å². The summed E-state index contributed by atoms with van der Waals surface area (Å²) in [5.41, 5.74) is -0.296. The normalized spacial score (nSPS) is 12.7. The van der Waals surface area contributed by atoms with Gasteiger partial charge in [-0.1, -0.05) is 0 Å². The Balaban J connectivity index is 1.69. The molecule has 0 aliphatic heterocycles. The molecule has 8 nitrogen and oxygen atoms in total. The van der Waals surface area contributed by atoms with Crippen LogP contribution in [-0.4, -0.2) is 35.2 Å². The first-order chi connectivity index (χ1) is 13.8. The Bertz CT molecular complexity index is 978. The Morgan fingerprint density at radius 3 is 2.45 bits per heavy atom. The minimum atomic E-state index is -3.04. The lowest BCUT2D eigenvalue weighted by molar-refractivity contribution is -0.119. The topological polar surface area (TPSA) is 82.6 Å². The molecule has 0 aromatic carbocycles. The van der Waals surface area contributed by atoms with E-state index in [9.17, 15) is 22.4 Å². The molecule has 3 aromatic rings. The Kier molecular flexibility index (Phi) is 5.99. The Morgan fingerprint density at radius 1 is 1.10 bits per heavy atom. The molecule has 156 valence electrons. The quantitative estimate of drug-likeness (QED) is 0.574. The van der Waals surface area contributed by atoms with Gasteiger partial charge in [0.15, 0.2) is 0 Å². The smallest absolute Gasteiger partial charge is 0.282 e. The summed E-state index contributed by atoms with van der Waals surface area (Å²) in [5, 5.41) is 14.3. The maximum absolute atomic E-state index is 13.1. The summed E-state index contributed by atoms with van der Waals surface area (Å²) >= 11 is 0. The van der Waals surface area contributed by atoms with Gasteiger partial charge in [0.25, 0.3) is 12.9 Å². The minimum absolute atomic E-state index is 0.338. The molecule has 0 radical (unpaired) electrons. The van der Waals surface area contributed by atoms with Gasteiger partial charge in [0.05, 0.1) is 24.6 Å². The fourth-order valence-corrected chi connectivity index (χ4v) is 2.73. The van der Waals surface area contributed by atoms with Gasteiger partial charge in [0.1, 0.15) is 17.4 Å². The predicted molar refractivity (Wildman–Crippen MR) is 94.7 cm³/mol. The highest BCUT2D eigenvalue weighted by molar-refractivity contribution is 5.93. The number of rotatable bonds is 8. The maximum Gasteiger partial charge on any atom is 0.282 e. The number of hydrogen-bond donors (Lipinski definition) is 1. The molecule has 1 atom stereocenters. The van der Waals surface area contributed by atoms with Crippen LogP contribution in [0.5, 0.6) is 0 Å². The number of carbonyl (C=O) groups excluding carboxylic acids is 1. The van der Waals surface area contributed by atoms with Crippen LogP contribution in [0.1, 0.15) is 49.7 Å². The van der Waals surface area contributed by atoms with E-state index in [0.717, 1.165) is 12.1 Å². The second-order valence-electron chi connectivity index (χ2n) is 6.34. The lowest BCUT2D eigenvalue weighted by atomic mass is 10.3. The van der Waals surface area contributed by atoms with Crippen LogP contribution in [0.3, 0.4) is 0 Å². The summed E-state index contributed by atoms with van der Waals surface area (Å²) < 4.78 is 55.8. The number of carbonyl (C=O) groups is 1. The summed E-state index contributed by atoms with van der Waals surface area (Å²) in [6.07, 6.45) is 0.477. The van der Waals surface area contributed by atoms with Crippen LogP contribution in [0.15, 0.2) is 30.9 Å². The average molecular weight is 413 g/mol. The molecular formula is C17H19F4N7O. The molecule has 0 aliphatic carbocycles. The Labute approximate surface area is 163 Å². The third-order valence-corrected chi connectivity index (χ3v) is 4.23. The average Bonchev–Trinajstić information content (AvgIpc) is 3.40. The molecule has 1 amide bonds.